The molecular weight excluding hydrogens is 514 g/mol. The van der Waals surface area contributed by atoms with Gasteiger partial charge in [-0.15, -0.1) is 0 Å². The van der Waals surface area contributed by atoms with Crippen LogP contribution in [0.4, 0.5) is 0 Å². The van der Waals surface area contributed by atoms with E-state index in [1.807, 2.05) is 6.08 Å². The number of rotatable bonds is 12. The van der Waals surface area contributed by atoms with Crippen LogP contribution in [0.15, 0.2) is 11.8 Å². The van der Waals surface area contributed by atoms with Gasteiger partial charge >= 0.3 is 0 Å². The molecule has 0 aromatic heterocycles. The fraction of sp³-hybridized carbons (Fsp3) is 0.880. The number of allylic oxidation sites excluding steroid dienone is 1. The molecule has 0 spiro atoms. The molecule has 1 saturated heterocycles. The van der Waals surface area contributed by atoms with E-state index in [1.165, 1.54) is 6.92 Å². The number of hydrogen-bond acceptors (Lipinski definition) is 13. The number of nitrogens with one attached hydrogen (secondary N) is 3. The van der Waals surface area contributed by atoms with E-state index in [0.717, 1.165) is 6.42 Å². The van der Waals surface area contributed by atoms with Crippen LogP contribution in [0.2, 0.25) is 0 Å². The third-order valence-electron chi connectivity index (χ3n) is 7.80. The van der Waals surface area contributed by atoms with Crippen molar-refractivity contribution in [3.8, 4) is 0 Å². The first-order valence-electron chi connectivity index (χ1n) is 13.7. The first kappa shape index (κ1) is 32.1. The molecule has 3 aliphatic rings. The fourth-order valence-electron chi connectivity index (χ4n) is 5.72. The van der Waals surface area contributed by atoms with E-state index < -0.39 is 72.4 Å². The van der Waals surface area contributed by atoms with Crippen LogP contribution in [-0.2, 0) is 19.0 Å². The van der Waals surface area contributed by atoms with E-state index in [1.54, 1.807) is 7.05 Å². The summed E-state index contributed by atoms with van der Waals surface area (Å²) >= 11 is 0. The summed E-state index contributed by atoms with van der Waals surface area (Å²) in [5.74, 6) is -0.594. The number of ether oxygens (including phenoxy) is 3. The Balaban J connectivity index is 1.78. The SMILES string of the molecule is CN[C@@H]1[C@@H](O)[C@@H](O[C@@H]2[C@@H](O)[C@H](C3CCC=C(CNCCCO)O3)[C@@H](N)C[C@H]2NC(=O)[C@@H](O)CN)OC[C@]1(C)O. The molecule has 0 bridgehead atoms. The number of hydrogen-bond donors (Lipinski definition) is 10. The highest BCUT2D eigenvalue weighted by molar-refractivity contribution is 5.81. The van der Waals surface area contributed by atoms with Crippen molar-refractivity contribution in [2.24, 2.45) is 17.4 Å². The lowest BCUT2D eigenvalue weighted by atomic mass is 9.73. The zero-order chi connectivity index (χ0) is 28.7. The lowest BCUT2D eigenvalue weighted by Gasteiger charge is -2.50. The van der Waals surface area contributed by atoms with Gasteiger partial charge in [0.15, 0.2) is 6.29 Å². The molecular formula is C25H47N5O9. The van der Waals surface area contributed by atoms with Crippen molar-refractivity contribution < 1.29 is 44.5 Å². The van der Waals surface area contributed by atoms with Crippen LogP contribution in [-0.4, -0.2) is 132 Å². The number of carbonyl (C=O) groups is 1. The molecule has 2 fully saturated rings. The van der Waals surface area contributed by atoms with Crippen molar-refractivity contribution in [2.45, 2.75) is 93.1 Å². The third kappa shape index (κ3) is 7.86. The van der Waals surface area contributed by atoms with Gasteiger partial charge in [0, 0.05) is 25.1 Å². The van der Waals surface area contributed by atoms with Gasteiger partial charge in [0.2, 0.25) is 5.91 Å². The van der Waals surface area contributed by atoms with Crippen LogP contribution >= 0.6 is 0 Å². The summed E-state index contributed by atoms with van der Waals surface area (Å²) in [5.41, 5.74) is 10.6. The van der Waals surface area contributed by atoms with Crippen LogP contribution in [0, 0.1) is 5.92 Å². The van der Waals surface area contributed by atoms with Gasteiger partial charge in [0.05, 0.1) is 31.3 Å². The number of carbonyl (C=O) groups excluding carboxylic acids is 1. The van der Waals surface area contributed by atoms with E-state index in [4.69, 9.17) is 30.8 Å². The molecule has 0 aromatic rings. The van der Waals surface area contributed by atoms with E-state index in [0.29, 0.717) is 31.7 Å². The van der Waals surface area contributed by atoms with Crippen LogP contribution in [0.1, 0.15) is 32.6 Å². The van der Waals surface area contributed by atoms with Crippen molar-refractivity contribution in [1.82, 2.24) is 16.0 Å². The Morgan fingerprint density at radius 1 is 1.33 bits per heavy atom. The second-order valence-corrected chi connectivity index (χ2v) is 10.9. The molecule has 1 aliphatic carbocycles. The van der Waals surface area contributed by atoms with Gasteiger partial charge in [-0.1, -0.05) is 0 Å². The summed E-state index contributed by atoms with van der Waals surface area (Å²) in [6.45, 7) is 2.28. The normalized spacial score (nSPS) is 39.9. The Labute approximate surface area is 229 Å². The maximum Gasteiger partial charge on any atom is 0.250 e. The van der Waals surface area contributed by atoms with Gasteiger partial charge in [0.25, 0.3) is 0 Å². The van der Waals surface area contributed by atoms with E-state index in [2.05, 4.69) is 16.0 Å². The smallest absolute Gasteiger partial charge is 0.250 e. The number of aliphatic hydroxyl groups is 5. The summed E-state index contributed by atoms with van der Waals surface area (Å²) in [4.78, 5) is 12.5. The lowest BCUT2D eigenvalue weighted by molar-refractivity contribution is -0.297. The average Bonchev–Trinajstić information content (AvgIpc) is 2.89. The quantitative estimate of drug-likeness (QED) is 0.102. The minimum Gasteiger partial charge on any atom is -0.493 e. The number of nitrogens with two attached hydrogens (primary N) is 2. The minimum atomic E-state index is -1.45. The van der Waals surface area contributed by atoms with Crippen LogP contribution in [0.3, 0.4) is 0 Å². The molecule has 14 heteroatoms. The maximum atomic E-state index is 12.5. The molecule has 0 radical (unpaired) electrons. The molecule has 1 unspecified atom stereocenters. The summed E-state index contributed by atoms with van der Waals surface area (Å²) < 4.78 is 18.0. The van der Waals surface area contributed by atoms with Crippen molar-refractivity contribution in [3.63, 3.8) is 0 Å². The predicted molar refractivity (Wildman–Crippen MR) is 140 cm³/mol. The highest BCUT2D eigenvalue weighted by atomic mass is 16.7. The van der Waals surface area contributed by atoms with Crippen molar-refractivity contribution in [2.75, 3.05) is 39.9 Å². The third-order valence-corrected chi connectivity index (χ3v) is 7.80. The van der Waals surface area contributed by atoms with Gasteiger partial charge in [-0.3, -0.25) is 4.79 Å². The summed E-state index contributed by atoms with van der Waals surface area (Å²) in [6, 6.07) is -2.20. The molecule has 2 heterocycles. The van der Waals surface area contributed by atoms with Gasteiger partial charge in [-0.25, -0.2) is 0 Å². The van der Waals surface area contributed by atoms with Gasteiger partial charge in [0.1, 0.15) is 35.8 Å². The summed E-state index contributed by atoms with van der Waals surface area (Å²) in [6.07, 6.45) is -2.60. The molecule has 11 atom stereocenters. The first-order chi connectivity index (χ1) is 18.5. The maximum absolute atomic E-state index is 12.5. The van der Waals surface area contributed by atoms with Gasteiger partial charge in [-0.05, 0) is 52.3 Å². The zero-order valence-corrected chi connectivity index (χ0v) is 22.7. The highest BCUT2D eigenvalue weighted by Gasteiger charge is 2.52. The Morgan fingerprint density at radius 2 is 2.08 bits per heavy atom. The number of likely N-dealkylation sites (N-methyl/N-ethyl adjacent to an activating group) is 1. The second-order valence-electron chi connectivity index (χ2n) is 10.9. The van der Waals surface area contributed by atoms with Gasteiger partial charge in [-0.2, -0.15) is 0 Å². The van der Waals surface area contributed by atoms with E-state index in [-0.39, 0.29) is 26.2 Å². The van der Waals surface area contributed by atoms with Crippen LogP contribution in [0.25, 0.3) is 0 Å². The molecule has 0 aromatic carbocycles. The predicted octanol–water partition coefficient (Wildman–Crippen LogP) is -4.02. The largest absolute Gasteiger partial charge is 0.493 e. The molecule has 14 nitrogen and oxygen atoms in total. The summed E-state index contributed by atoms with van der Waals surface area (Å²) in [5, 5.41) is 60.8. The monoisotopic (exact) mass is 561 g/mol. The number of aliphatic hydroxyl groups excluding tert-OH is 4. The molecule has 3 rings (SSSR count). The van der Waals surface area contributed by atoms with Crippen LogP contribution in [0.5, 0.6) is 0 Å². The molecule has 1 saturated carbocycles. The van der Waals surface area contributed by atoms with Crippen LogP contribution < -0.4 is 27.4 Å². The second kappa shape index (κ2) is 14.5. The fourth-order valence-corrected chi connectivity index (χ4v) is 5.72. The molecule has 39 heavy (non-hydrogen) atoms. The topological polar surface area (TPSA) is 234 Å². The minimum absolute atomic E-state index is 0.0894. The highest BCUT2D eigenvalue weighted by Crippen LogP contribution is 2.36. The average molecular weight is 562 g/mol. The number of amides is 1. The van der Waals surface area contributed by atoms with Crippen molar-refractivity contribution >= 4 is 5.91 Å². The molecule has 226 valence electrons. The standard InChI is InChI=1S/C25H47N5O9/c1-25(36)12-37-24(20(34)22(25)28-2)39-21-15(30-23(35)16(32)10-26)9-14(27)18(19(21)33)17-6-3-5-13(38-17)11-29-7-4-8-31/h5,14-22,24,28-29,31-34,36H,3-4,6-12,26-27H2,1-2H3,(H,30,35)/t14-,15+,16-,17?,18-,19-,20+,21-,22+,24+,25-/m0/s1. The van der Waals surface area contributed by atoms with Gasteiger partial charge < -0.3 is 67.2 Å². The molecule has 1 amide bonds. The lowest BCUT2D eigenvalue weighted by Crippen LogP contribution is -2.69. The molecule has 2 aliphatic heterocycles. The van der Waals surface area contributed by atoms with E-state index in [9.17, 15) is 25.2 Å². The Kier molecular flexibility index (Phi) is 11.9. The van der Waals surface area contributed by atoms with E-state index >= 15 is 0 Å². The molecule has 12 N–H and O–H groups in total. The Hall–Kier alpha value is -1.43. The Morgan fingerprint density at radius 3 is 2.74 bits per heavy atom. The zero-order valence-electron chi connectivity index (χ0n) is 22.7. The summed E-state index contributed by atoms with van der Waals surface area (Å²) in [7, 11) is 1.59. The van der Waals surface area contributed by atoms with Crippen molar-refractivity contribution in [3.05, 3.63) is 11.8 Å². The van der Waals surface area contributed by atoms with Crippen molar-refractivity contribution in [1.29, 1.82) is 0 Å². The Bertz CT molecular complexity index is 819. The first-order valence-corrected chi connectivity index (χ1v) is 13.7.